The second-order valence-electron chi connectivity index (χ2n) is 3.65. The predicted molar refractivity (Wildman–Crippen MR) is 65.6 cm³/mol. The van der Waals surface area contributed by atoms with E-state index in [2.05, 4.69) is 13.2 Å². The Balaban J connectivity index is 4.08. The number of esters is 1. The number of allylic oxidation sites excluding steroid dienone is 1. The Kier molecular flexibility index (Phi) is 8.96. The monoisotopic (exact) mass is 240 g/mol. The number of ketones is 1. The van der Waals surface area contributed by atoms with E-state index in [9.17, 15) is 9.59 Å². The molecular formula is C13H20O4. The summed E-state index contributed by atoms with van der Waals surface area (Å²) in [5.74, 6) is -0.697. The average molecular weight is 240 g/mol. The summed E-state index contributed by atoms with van der Waals surface area (Å²) >= 11 is 0. The van der Waals surface area contributed by atoms with Crippen molar-refractivity contribution in [2.75, 3.05) is 19.8 Å². The first kappa shape index (κ1) is 15.6. The summed E-state index contributed by atoms with van der Waals surface area (Å²) in [6.45, 7) is 9.91. The predicted octanol–water partition coefficient (Wildman–Crippen LogP) is 1.90. The fourth-order valence-corrected chi connectivity index (χ4v) is 1.19. The summed E-state index contributed by atoms with van der Waals surface area (Å²) in [5, 5.41) is 0. The third kappa shape index (κ3) is 8.39. The Morgan fingerprint density at radius 2 is 1.94 bits per heavy atom. The highest BCUT2D eigenvalue weighted by Crippen LogP contribution is 2.07. The third-order valence-corrected chi connectivity index (χ3v) is 2.05. The van der Waals surface area contributed by atoms with Gasteiger partial charge in [-0.15, -0.1) is 0 Å². The van der Waals surface area contributed by atoms with Crippen molar-refractivity contribution in [2.45, 2.75) is 19.8 Å². The molecule has 0 saturated carbocycles. The van der Waals surface area contributed by atoms with Crippen molar-refractivity contribution < 1.29 is 19.1 Å². The van der Waals surface area contributed by atoms with Gasteiger partial charge in [-0.2, -0.15) is 0 Å². The molecule has 0 aromatic rings. The molecule has 0 radical (unpaired) electrons. The molecular weight excluding hydrogens is 220 g/mol. The van der Waals surface area contributed by atoms with Crippen molar-refractivity contribution in [2.24, 2.45) is 5.92 Å². The number of hydrogen-bond donors (Lipinski definition) is 0. The molecule has 0 aliphatic carbocycles. The lowest BCUT2D eigenvalue weighted by atomic mass is 10.0. The van der Waals surface area contributed by atoms with Crippen molar-refractivity contribution in [3.8, 4) is 0 Å². The first-order valence-corrected chi connectivity index (χ1v) is 5.66. The van der Waals surface area contributed by atoms with Crippen LogP contribution in [0.3, 0.4) is 0 Å². The summed E-state index contributed by atoms with van der Waals surface area (Å²) in [4.78, 5) is 22.2. The molecule has 0 aromatic carbocycles. The molecule has 0 bridgehead atoms. The highest BCUT2D eigenvalue weighted by Gasteiger charge is 2.14. The van der Waals surface area contributed by atoms with E-state index in [1.165, 1.54) is 6.08 Å². The Morgan fingerprint density at radius 1 is 1.24 bits per heavy atom. The van der Waals surface area contributed by atoms with E-state index in [0.717, 1.165) is 12.5 Å². The van der Waals surface area contributed by atoms with Crippen molar-refractivity contribution >= 4 is 11.8 Å². The molecule has 0 rings (SSSR count). The maximum absolute atomic E-state index is 11.2. The van der Waals surface area contributed by atoms with Gasteiger partial charge in [0.05, 0.1) is 13.2 Å². The molecule has 0 fully saturated rings. The Morgan fingerprint density at radius 3 is 2.47 bits per heavy atom. The first-order chi connectivity index (χ1) is 8.13. The molecule has 96 valence electrons. The molecule has 1 unspecified atom stereocenters. The lowest BCUT2D eigenvalue weighted by molar-refractivity contribution is -0.140. The molecule has 0 aromatic heterocycles. The third-order valence-electron chi connectivity index (χ3n) is 2.05. The highest BCUT2D eigenvalue weighted by molar-refractivity contribution is 5.89. The molecule has 0 aliphatic heterocycles. The van der Waals surface area contributed by atoms with Crippen LogP contribution >= 0.6 is 0 Å². The van der Waals surface area contributed by atoms with E-state index in [4.69, 9.17) is 9.47 Å². The van der Waals surface area contributed by atoms with Crippen LogP contribution < -0.4 is 0 Å². The van der Waals surface area contributed by atoms with Crippen LogP contribution in [0.1, 0.15) is 19.8 Å². The van der Waals surface area contributed by atoms with Crippen molar-refractivity contribution in [3.05, 3.63) is 25.3 Å². The van der Waals surface area contributed by atoms with E-state index in [-0.39, 0.29) is 24.7 Å². The van der Waals surface area contributed by atoms with Gasteiger partial charge in [0.1, 0.15) is 0 Å². The van der Waals surface area contributed by atoms with Crippen molar-refractivity contribution in [3.63, 3.8) is 0 Å². The topological polar surface area (TPSA) is 52.6 Å². The van der Waals surface area contributed by atoms with Crippen LogP contribution in [0.2, 0.25) is 0 Å². The second kappa shape index (κ2) is 9.78. The zero-order valence-corrected chi connectivity index (χ0v) is 10.3. The van der Waals surface area contributed by atoms with Gasteiger partial charge < -0.3 is 9.47 Å². The zero-order chi connectivity index (χ0) is 13.1. The quantitative estimate of drug-likeness (QED) is 0.332. The smallest absolute Gasteiger partial charge is 0.330 e. The lowest BCUT2D eigenvalue weighted by Gasteiger charge is -2.15. The number of carbonyl (C=O) groups is 2. The minimum absolute atomic E-state index is 0.0789. The lowest BCUT2D eigenvalue weighted by Crippen LogP contribution is -2.21. The van der Waals surface area contributed by atoms with Gasteiger partial charge in [0.25, 0.3) is 0 Å². The Bertz CT molecular complexity index is 271. The standard InChI is InChI=1S/C13H20O4/c1-4-7-16-9-11(8-12(14)5-2)10-17-13(15)6-3/h5-6,11H,2-4,7-10H2,1H3. The van der Waals surface area contributed by atoms with Crippen LogP contribution in [0.15, 0.2) is 25.3 Å². The Labute approximate surface area is 102 Å². The fourth-order valence-electron chi connectivity index (χ4n) is 1.19. The van der Waals surface area contributed by atoms with E-state index in [1.807, 2.05) is 6.92 Å². The van der Waals surface area contributed by atoms with Gasteiger partial charge >= 0.3 is 5.97 Å². The molecule has 4 heteroatoms. The van der Waals surface area contributed by atoms with E-state index >= 15 is 0 Å². The van der Waals surface area contributed by atoms with Crippen LogP contribution in [0.5, 0.6) is 0 Å². The summed E-state index contributed by atoms with van der Waals surface area (Å²) in [6.07, 6.45) is 3.55. The number of rotatable bonds is 10. The van der Waals surface area contributed by atoms with Crippen LogP contribution in [0.25, 0.3) is 0 Å². The van der Waals surface area contributed by atoms with Crippen molar-refractivity contribution in [1.29, 1.82) is 0 Å². The molecule has 0 saturated heterocycles. The first-order valence-electron chi connectivity index (χ1n) is 5.66. The summed E-state index contributed by atoms with van der Waals surface area (Å²) in [6, 6.07) is 0. The molecule has 4 nitrogen and oxygen atoms in total. The van der Waals surface area contributed by atoms with Gasteiger partial charge in [0.2, 0.25) is 0 Å². The molecule has 0 spiro atoms. The van der Waals surface area contributed by atoms with Crippen LogP contribution in [0, 0.1) is 5.92 Å². The largest absolute Gasteiger partial charge is 0.462 e. The summed E-state index contributed by atoms with van der Waals surface area (Å²) in [5.41, 5.74) is 0. The minimum Gasteiger partial charge on any atom is -0.462 e. The maximum atomic E-state index is 11.2. The average Bonchev–Trinajstić information content (AvgIpc) is 2.35. The molecule has 1 atom stereocenters. The number of hydrogen-bond acceptors (Lipinski definition) is 4. The molecule has 0 amide bonds. The van der Waals surface area contributed by atoms with Gasteiger partial charge in [-0.05, 0) is 12.5 Å². The fraction of sp³-hybridized carbons (Fsp3) is 0.538. The normalized spacial score (nSPS) is 11.6. The number of carbonyl (C=O) groups excluding carboxylic acids is 2. The maximum Gasteiger partial charge on any atom is 0.330 e. The molecule has 0 aliphatic rings. The van der Waals surface area contributed by atoms with Gasteiger partial charge in [0, 0.05) is 25.0 Å². The minimum atomic E-state index is -0.489. The van der Waals surface area contributed by atoms with E-state index in [0.29, 0.717) is 13.2 Å². The van der Waals surface area contributed by atoms with Gasteiger partial charge in [-0.25, -0.2) is 4.79 Å². The van der Waals surface area contributed by atoms with Crippen LogP contribution in [-0.2, 0) is 19.1 Å². The van der Waals surface area contributed by atoms with Crippen LogP contribution in [0.4, 0.5) is 0 Å². The molecule has 0 heterocycles. The molecule has 17 heavy (non-hydrogen) atoms. The van der Waals surface area contributed by atoms with Gasteiger partial charge in [0.15, 0.2) is 5.78 Å². The SMILES string of the molecule is C=CC(=O)CC(COCCC)COC(=O)C=C. The van der Waals surface area contributed by atoms with E-state index in [1.54, 1.807) is 0 Å². The molecule has 0 N–H and O–H groups in total. The van der Waals surface area contributed by atoms with Crippen molar-refractivity contribution in [1.82, 2.24) is 0 Å². The van der Waals surface area contributed by atoms with Crippen LogP contribution in [-0.4, -0.2) is 31.6 Å². The summed E-state index contributed by atoms with van der Waals surface area (Å²) in [7, 11) is 0. The number of ether oxygens (including phenoxy) is 2. The van der Waals surface area contributed by atoms with Gasteiger partial charge in [-0.1, -0.05) is 20.1 Å². The van der Waals surface area contributed by atoms with Gasteiger partial charge in [-0.3, -0.25) is 4.79 Å². The Hall–Kier alpha value is -1.42. The van der Waals surface area contributed by atoms with E-state index < -0.39 is 5.97 Å². The second-order valence-corrected chi connectivity index (χ2v) is 3.65. The summed E-state index contributed by atoms with van der Waals surface area (Å²) < 4.78 is 10.3. The zero-order valence-electron chi connectivity index (χ0n) is 10.3. The highest BCUT2D eigenvalue weighted by atomic mass is 16.5.